The molecule has 0 unspecified atom stereocenters. The van der Waals surface area contributed by atoms with Gasteiger partial charge in [0.15, 0.2) is 0 Å². The van der Waals surface area contributed by atoms with E-state index in [0.29, 0.717) is 16.1 Å². The van der Waals surface area contributed by atoms with Gasteiger partial charge >= 0.3 is 0 Å². The van der Waals surface area contributed by atoms with E-state index < -0.39 is 6.04 Å². The molecule has 4 N–H and O–H groups in total. The SMILES string of the molecule is Cc1ccc(Cl)c([C@H](N)CN)c1F. The zero-order valence-corrected chi connectivity index (χ0v) is 8.11. The molecule has 2 nitrogen and oxygen atoms in total. The first kappa shape index (κ1) is 10.4. The van der Waals surface area contributed by atoms with Gasteiger partial charge < -0.3 is 11.5 Å². The molecule has 0 fully saturated rings. The third-order valence-corrected chi connectivity index (χ3v) is 2.27. The van der Waals surface area contributed by atoms with Crippen LogP contribution < -0.4 is 11.5 Å². The van der Waals surface area contributed by atoms with Crippen LogP contribution in [0.15, 0.2) is 12.1 Å². The van der Waals surface area contributed by atoms with E-state index in [1.165, 1.54) is 0 Å². The van der Waals surface area contributed by atoms with Crippen molar-refractivity contribution in [3.05, 3.63) is 34.1 Å². The molecule has 0 bridgehead atoms. The molecular weight excluding hydrogens is 191 g/mol. The zero-order valence-electron chi connectivity index (χ0n) is 7.35. The normalized spacial score (nSPS) is 13.0. The van der Waals surface area contributed by atoms with Gasteiger partial charge in [-0.15, -0.1) is 0 Å². The maximum absolute atomic E-state index is 13.5. The second-order valence-corrected chi connectivity index (χ2v) is 3.34. The van der Waals surface area contributed by atoms with Crippen LogP contribution >= 0.6 is 11.6 Å². The summed E-state index contributed by atoms with van der Waals surface area (Å²) in [7, 11) is 0. The van der Waals surface area contributed by atoms with Gasteiger partial charge in [0.25, 0.3) is 0 Å². The zero-order chi connectivity index (χ0) is 10.0. The van der Waals surface area contributed by atoms with Gasteiger partial charge in [-0.3, -0.25) is 0 Å². The molecule has 1 rings (SSSR count). The molecule has 0 saturated heterocycles. The third kappa shape index (κ3) is 1.99. The summed E-state index contributed by atoms with van der Waals surface area (Å²) in [5, 5.41) is 0.334. The first-order chi connectivity index (χ1) is 6.07. The lowest BCUT2D eigenvalue weighted by molar-refractivity contribution is 0.576. The molecule has 1 aromatic rings. The summed E-state index contributed by atoms with van der Waals surface area (Å²) in [6, 6.07) is 2.71. The van der Waals surface area contributed by atoms with Crippen LogP contribution in [0.4, 0.5) is 4.39 Å². The highest BCUT2D eigenvalue weighted by molar-refractivity contribution is 6.31. The standard InChI is InChI=1S/C9H12ClFN2/c1-5-2-3-6(10)8(9(5)11)7(13)4-12/h2-3,7H,4,12-13H2,1H3/t7-/m1/s1. The van der Waals surface area contributed by atoms with Crippen LogP contribution in [-0.2, 0) is 0 Å². The number of hydrogen-bond donors (Lipinski definition) is 2. The minimum atomic E-state index is -0.535. The highest BCUT2D eigenvalue weighted by Gasteiger charge is 2.15. The van der Waals surface area contributed by atoms with E-state index in [2.05, 4.69) is 0 Å². The Bertz CT molecular complexity index is 315. The second-order valence-electron chi connectivity index (χ2n) is 2.93. The lowest BCUT2D eigenvalue weighted by atomic mass is 10.0. The van der Waals surface area contributed by atoms with Crippen LogP contribution in [-0.4, -0.2) is 6.54 Å². The van der Waals surface area contributed by atoms with E-state index in [0.717, 1.165) is 0 Å². The molecule has 0 amide bonds. The van der Waals surface area contributed by atoms with E-state index in [1.54, 1.807) is 19.1 Å². The lowest BCUT2D eigenvalue weighted by Gasteiger charge is -2.13. The van der Waals surface area contributed by atoms with Crippen molar-refractivity contribution in [1.29, 1.82) is 0 Å². The predicted octanol–water partition coefficient (Wildman–Crippen LogP) is 1.75. The smallest absolute Gasteiger partial charge is 0.132 e. The Hall–Kier alpha value is -0.640. The van der Waals surface area contributed by atoms with Gasteiger partial charge in [-0.05, 0) is 18.6 Å². The molecule has 0 aliphatic rings. The Kier molecular flexibility index (Phi) is 3.25. The number of halogens is 2. The molecule has 0 heterocycles. The molecule has 0 spiro atoms. The van der Waals surface area contributed by atoms with E-state index >= 15 is 0 Å². The molecule has 72 valence electrons. The molecule has 1 aromatic carbocycles. The quantitative estimate of drug-likeness (QED) is 0.768. The Morgan fingerprint density at radius 2 is 2.15 bits per heavy atom. The van der Waals surface area contributed by atoms with Crippen molar-refractivity contribution in [2.45, 2.75) is 13.0 Å². The molecule has 4 heteroatoms. The first-order valence-corrected chi connectivity index (χ1v) is 4.36. The fraction of sp³-hybridized carbons (Fsp3) is 0.333. The van der Waals surface area contributed by atoms with Crippen LogP contribution in [0.5, 0.6) is 0 Å². The van der Waals surface area contributed by atoms with Crippen LogP contribution in [0, 0.1) is 12.7 Å². The minimum absolute atomic E-state index is 0.181. The van der Waals surface area contributed by atoms with Crippen molar-refractivity contribution in [1.82, 2.24) is 0 Å². The number of rotatable bonds is 2. The van der Waals surface area contributed by atoms with Gasteiger partial charge in [0, 0.05) is 23.2 Å². The molecule has 0 radical (unpaired) electrons. The largest absolute Gasteiger partial charge is 0.329 e. The maximum Gasteiger partial charge on any atom is 0.132 e. The monoisotopic (exact) mass is 202 g/mol. The van der Waals surface area contributed by atoms with Crippen molar-refractivity contribution in [2.75, 3.05) is 6.54 Å². The molecule has 13 heavy (non-hydrogen) atoms. The summed E-state index contributed by atoms with van der Waals surface area (Å²) in [5.41, 5.74) is 11.8. The van der Waals surface area contributed by atoms with Gasteiger partial charge in [0.05, 0.1) is 0 Å². The van der Waals surface area contributed by atoms with E-state index in [9.17, 15) is 4.39 Å². The summed E-state index contributed by atoms with van der Waals surface area (Å²) in [4.78, 5) is 0. The van der Waals surface area contributed by atoms with E-state index in [1.807, 2.05) is 0 Å². The summed E-state index contributed by atoms with van der Waals surface area (Å²) in [6.45, 7) is 1.85. The van der Waals surface area contributed by atoms with Gasteiger partial charge in [-0.25, -0.2) is 4.39 Å². The summed E-state index contributed by atoms with van der Waals surface area (Å²) >= 11 is 5.80. The molecule has 0 aromatic heterocycles. The summed E-state index contributed by atoms with van der Waals surface area (Å²) in [5.74, 6) is -0.356. The van der Waals surface area contributed by atoms with Crippen LogP contribution in [0.1, 0.15) is 17.2 Å². The number of aryl methyl sites for hydroxylation is 1. The van der Waals surface area contributed by atoms with Crippen LogP contribution in [0.2, 0.25) is 5.02 Å². The average molecular weight is 203 g/mol. The highest BCUT2D eigenvalue weighted by Crippen LogP contribution is 2.26. The van der Waals surface area contributed by atoms with Crippen molar-refractivity contribution < 1.29 is 4.39 Å². The molecule has 0 aliphatic heterocycles. The van der Waals surface area contributed by atoms with E-state index in [-0.39, 0.29) is 12.4 Å². The Balaban J connectivity index is 3.25. The molecule has 0 saturated carbocycles. The van der Waals surface area contributed by atoms with Crippen molar-refractivity contribution in [2.24, 2.45) is 11.5 Å². The van der Waals surface area contributed by atoms with E-state index in [4.69, 9.17) is 23.1 Å². The number of nitrogens with two attached hydrogens (primary N) is 2. The van der Waals surface area contributed by atoms with Gasteiger partial charge in [0.1, 0.15) is 5.82 Å². The third-order valence-electron chi connectivity index (χ3n) is 1.94. The van der Waals surface area contributed by atoms with Gasteiger partial charge in [-0.2, -0.15) is 0 Å². The summed E-state index contributed by atoms with van der Waals surface area (Å²) in [6.07, 6.45) is 0. The van der Waals surface area contributed by atoms with Crippen LogP contribution in [0.25, 0.3) is 0 Å². The fourth-order valence-electron chi connectivity index (χ4n) is 1.14. The number of benzene rings is 1. The van der Waals surface area contributed by atoms with Gasteiger partial charge in [0.2, 0.25) is 0 Å². The van der Waals surface area contributed by atoms with Crippen molar-refractivity contribution in [3.63, 3.8) is 0 Å². The first-order valence-electron chi connectivity index (χ1n) is 3.98. The average Bonchev–Trinajstić information content (AvgIpc) is 2.12. The van der Waals surface area contributed by atoms with Crippen molar-refractivity contribution in [3.8, 4) is 0 Å². The highest BCUT2D eigenvalue weighted by atomic mass is 35.5. The minimum Gasteiger partial charge on any atom is -0.329 e. The Morgan fingerprint density at radius 1 is 1.54 bits per heavy atom. The predicted molar refractivity (Wildman–Crippen MR) is 52.1 cm³/mol. The van der Waals surface area contributed by atoms with Crippen LogP contribution in [0.3, 0.4) is 0 Å². The molecular formula is C9H12ClFN2. The summed E-state index contributed by atoms with van der Waals surface area (Å²) < 4.78 is 13.5. The fourth-order valence-corrected chi connectivity index (χ4v) is 1.42. The Labute approximate surface area is 81.7 Å². The second kappa shape index (κ2) is 4.05. The Morgan fingerprint density at radius 3 is 2.69 bits per heavy atom. The number of hydrogen-bond acceptors (Lipinski definition) is 2. The maximum atomic E-state index is 13.5. The van der Waals surface area contributed by atoms with Crippen molar-refractivity contribution >= 4 is 11.6 Å². The lowest BCUT2D eigenvalue weighted by Crippen LogP contribution is -2.22. The van der Waals surface area contributed by atoms with Gasteiger partial charge in [-0.1, -0.05) is 17.7 Å². The molecule has 1 atom stereocenters. The topological polar surface area (TPSA) is 52.0 Å². The molecule has 0 aliphatic carbocycles.